The van der Waals surface area contributed by atoms with Gasteiger partial charge in [0.05, 0.1) is 11.8 Å². The summed E-state index contributed by atoms with van der Waals surface area (Å²) in [6.45, 7) is 1.52. The number of nitrogens with zero attached hydrogens (tertiary/aromatic N) is 2. The van der Waals surface area contributed by atoms with Gasteiger partial charge in [0, 0.05) is 29.0 Å². The quantitative estimate of drug-likeness (QED) is 0.547. The number of rotatable bonds is 2. The van der Waals surface area contributed by atoms with Crippen molar-refractivity contribution in [1.82, 2.24) is 5.01 Å². The highest BCUT2D eigenvalue weighted by Gasteiger charge is 2.33. The average molecular weight is 383 g/mol. The van der Waals surface area contributed by atoms with Crippen molar-refractivity contribution in [3.63, 3.8) is 0 Å². The van der Waals surface area contributed by atoms with Gasteiger partial charge in [-0.15, -0.1) is 0 Å². The van der Waals surface area contributed by atoms with Gasteiger partial charge in [-0.25, -0.2) is 5.01 Å². The summed E-state index contributed by atoms with van der Waals surface area (Å²) in [5, 5.41) is 9.55. The average Bonchev–Trinajstić information content (AvgIpc) is 3.06. The van der Waals surface area contributed by atoms with E-state index in [4.69, 9.17) is 23.2 Å². The lowest BCUT2D eigenvalue weighted by molar-refractivity contribution is -0.130. The molecule has 0 aliphatic carbocycles. The molecule has 0 N–H and O–H groups in total. The fraction of sp³-hybridized carbons (Fsp3) is 0.143. The van der Waals surface area contributed by atoms with Crippen molar-refractivity contribution in [3.8, 4) is 0 Å². The first-order chi connectivity index (χ1) is 12.5. The minimum Gasteiger partial charge on any atom is -0.273 e. The van der Waals surface area contributed by atoms with Gasteiger partial charge in [-0.2, -0.15) is 5.10 Å². The summed E-state index contributed by atoms with van der Waals surface area (Å²) >= 11 is 12.4. The van der Waals surface area contributed by atoms with Gasteiger partial charge < -0.3 is 0 Å². The summed E-state index contributed by atoms with van der Waals surface area (Å²) in [5.41, 5.74) is 2.78. The van der Waals surface area contributed by atoms with Crippen LogP contribution in [0, 0.1) is 0 Å². The van der Waals surface area contributed by atoms with E-state index in [-0.39, 0.29) is 11.9 Å². The van der Waals surface area contributed by atoms with Crippen LogP contribution in [0.3, 0.4) is 0 Å². The number of halogens is 2. The molecule has 0 fully saturated rings. The van der Waals surface area contributed by atoms with Crippen LogP contribution < -0.4 is 0 Å². The molecule has 26 heavy (non-hydrogen) atoms. The normalized spacial score (nSPS) is 16.8. The Hall–Kier alpha value is -2.36. The summed E-state index contributed by atoms with van der Waals surface area (Å²) in [6.07, 6.45) is 0.606. The van der Waals surface area contributed by atoms with Crippen molar-refractivity contribution in [3.05, 3.63) is 81.8 Å². The van der Waals surface area contributed by atoms with Gasteiger partial charge in [-0.1, -0.05) is 71.7 Å². The molecule has 3 aromatic carbocycles. The Morgan fingerprint density at radius 1 is 1.08 bits per heavy atom. The van der Waals surface area contributed by atoms with Gasteiger partial charge in [0.1, 0.15) is 0 Å². The van der Waals surface area contributed by atoms with Crippen molar-refractivity contribution >= 4 is 45.6 Å². The molecule has 0 aromatic heterocycles. The molecule has 5 heteroatoms. The Bertz CT molecular complexity index is 1040. The molecule has 0 bridgehead atoms. The van der Waals surface area contributed by atoms with Gasteiger partial charge in [0.25, 0.3) is 0 Å². The zero-order chi connectivity index (χ0) is 18.3. The summed E-state index contributed by atoms with van der Waals surface area (Å²) in [7, 11) is 0. The molecule has 1 amide bonds. The zero-order valence-corrected chi connectivity index (χ0v) is 15.6. The van der Waals surface area contributed by atoms with Crippen LogP contribution >= 0.6 is 23.2 Å². The maximum absolute atomic E-state index is 12.2. The fourth-order valence-corrected chi connectivity index (χ4v) is 3.99. The molecule has 3 nitrogen and oxygen atoms in total. The van der Waals surface area contributed by atoms with Crippen LogP contribution in [0.5, 0.6) is 0 Å². The Labute approximate surface area is 161 Å². The molecule has 1 aliphatic heterocycles. The summed E-state index contributed by atoms with van der Waals surface area (Å²) in [4.78, 5) is 12.2. The highest BCUT2D eigenvalue weighted by Crippen LogP contribution is 2.38. The third-order valence-corrected chi connectivity index (χ3v) is 5.22. The second-order valence-electron chi connectivity index (χ2n) is 6.32. The van der Waals surface area contributed by atoms with E-state index < -0.39 is 0 Å². The molecule has 0 radical (unpaired) electrons. The lowest BCUT2D eigenvalue weighted by atomic mass is 9.95. The fourth-order valence-electron chi connectivity index (χ4n) is 3.45. The monoisotopic (exact) mass is 382 g/mol. The number of fused-ring (bicyclic) bond motifs is 1. The topological polar surface area (TPSA) is 32.7 Å². The van der Waals surface area contributed by atoms with Crippen LogP contribution in [0.1, 0.15) is 30.5 Å². The van der Waals surface area contributed by atoms with E-state index in [0.29, 0.717) is 16.5 Å². The number of hydrogen-bond donors (Lipinski definition) is 0. The Balaban J connectivity index is 1.79. The molecular formula is C21H16Cl2N2O. The van der Waals surface area contributed by atoms with Crippen molar-refractivity contribution < 1.29 is 4.79 Å². The molecule has 1 atom stereocenters. The predicted molar refractivity (Wildman–Crippen MR) is 107 cm³/mol. The van der Waals surface area contributed by atoms with E-state index in [1.54, 1.807) is 12.1 Å². The van der Waals surface area contributed by atoms with Crippen molar-refractivity contribution in [2.45, 2.75) is 19.4 Å². The molecular weight excluding hydrogens is 367 g/mol. The lowest BCUT2D eigenvalue weighted by Gasteiger charge is -2.21. The third-order valence-electron chi connectivity index (χ3n) is 4.66. The number of hydrazone groups is 1. The van der Waals surface area contributed by atoms with E-state index in [1.165, 1.54) is 11.9 Å². The van der Waals surface area contributed by atoms with Crippen molar-refractivity contribution in [2.75, 3.05) is 0 Å². The molecule has 0 saturated heterocycles. The Morgan fingerprint density at radius 3 is 2.62 bits per heavy atom. The Kier molecular flexibility index (Phi) is 4.43. The first-order valence-corrected chi connectivity index (χ1v) is 9.10. The molecule has 4 rings (SSSR count). The minimum absolute atomic E-state index is 0.115. The largest absolute Gasteiger partial charge is 0.273 e. The summed E-state index contributed by atoms with van der Waals surface area (Å²) in [6, 6.07) is 19.4. The Morgan fingerprint density at radius 2 is 1.85 bits per heavy atom. The number of hydrogen-bond acceptors (Lipinski definition) is 2. The molecule has 0 spiro atoms. The molecule has 130 valence electrons. The highest BCUT2D eigenvalue weighted by atomic mass is 35.5. The number of benzene rings is 3. The molecule has 0 saturated carbocycles. The van der Waals surface area contributed by atoms with Crippen LogP contribution in [-0.2, 0) is 4.79 Å². The summed E-state index contributed by atoms with van der Waals surface area (Å²) in [5.74, 6) is -0.115. The molecule has 3 aromatic rings. The summed E-state index contributed by atoms with van der Waals surface area (Å²) < 4.78 is 0. The first kappa shape index (κ1) is 17.1. The minimum atomic E-state index is -0.230. The van der Waals surface area contributed by atoms with E-state index in [2.05, 4.69) is 23.3 Å². The van der Waals surface area contributed by atoms with Gasteiger partial charge in [0.15, 0.2) is 0 Å². The SMILES string of the molecule is CC(=O)N1N=C(c2cccc3ccccc23)CC1c1ccc(Cl)cc1Cl. The number of carbonyl (C=O) groups excluding carboxylic acids is 1. The van der Waals surface area contributed by atoms with Crippen LogP contribution in [-0.4, -0.2) is 16.6 Å². The van der Waals surface area contributed by atoms with Gasteiger partial charge in [-0.05, 0) is 28.5 Å². The van der Waals surface area contributed by atoms with Crippen LogP contribution in [0.25, 0.3) is 10.8 Å². The highest BCUT2D eigenvalue weighted by molar-refractivity contribution is 6.35. The lowest BCUT2D eigenvalue weighted by Crippen LogP contribution is -2.24. The second-order valence-corrected chi connectivity index (χ2v) is 7.17. The van der Waals surface area contributed by atoms with Gasteiger partial charge in [0.2, 0.25) is 5.91 Å². The van der Waals surface area contributed by atoms with Crippen molar-refractivity contribution in [2.24, 2.45) is 5.10 Å². The predicted octanol–water partition coefficient (Wildman–Crippen LogP) is 5.84. The second kappa shape index (κ2) is 6.75. The maximum Gasteiger partial charge on any atom is 0.240 e. The van der Waals surface area contributed by atoms with Crippen LogP contribution in [0.15, 0.2) is 65.8 Å². The molecule has 1 aliphatic rings. The smallest absolute Gasteiger partial charge is 0.240 e. The van der Waals surface area contributed by atoms with E-state index in [0.717, 1.165) is 27.6 Å². The van der Waals surface area contributed by atoms with Crippen LogP contribution in [0.4, 0.5) is 0 Å². The van der Waals surface area contributed by atoms with Crippen LogP contribution in [0.2, 0.25) is 10.0 Å². The standard InChI is InChI=1S/C21H16Cl2N2O/c1-13(26)25-21(18-10-9-15(22)11-19(18)23)12-20(24-25)17-8-4-6-14-5-2-3-7-16(14)17/h2-11,21H,12H2,1H3. The number of carbonyl (C=O) groups is 1. The molecule has 1 unspecified atom stereocenters. The zero-order valence-electron chi connectivity index (χ0n) is 14.1. The maximum atomic E-state index is 12.2. The molecule has 1 heterocycles. The van der Waals surface area contributed by atoms with E-state index >= 15 is 0 Å². The number of amides is 1. The van der Waals surface area contributed by atoms with Crippen molar-refractivity contribution in [1.29, 1.82) is 0 Å². The van der Waals surface area contributed by atoms with Gasteiger partial charge >= 0.3 is 0 Å². The third kappa shape index (κ3) is 2.98. The first-order valence-electron chi connectivity index (χ1n) is 8.35. The van der Waals surface area contributed by atoms with E-state index in [1.807, 2.05) is 30.3 Å². The van der Waals surface area contributed by atoms with E-state index in [9.17, 15) is 4.79 Å². The van der Waals surface area contributed by atoms with Gasteiger partial charge in [-0.3, -0.25) is 4.79 Å².